The SMILES string of the molecule is COCC1(NC(=O)C(C)Sc2nc(C)cc(C)n2)CCCC1. The largest absolute Gasteiger partial charge is 0.382 e. The van der Waals surface area contributed by atoms with E-state index in [0.29, 0.717) is 11.8 Å². The highest BCUT2D eigenvalue weighted by molar-refractivity contribution is 8.00. The molecule has 0 spiro atoms. The molecule has 0 bridgehead atoms. The average molecular weight is 323 g/mol. The van der Waals surface area contributed by atoms with Crippen LogP contribution in [-0.4, -0.2) is 40.4 Å². The number of carbonyl (C=O) groups is 1. The van der Waals surface area contributed by atoms with Crippen molar-refractivity contribution in [3.8, 4) is 0 Å². The summed E-state index contributed by atoms with van der Waals surface area (Å²) in [5.74, 6) is 0.0340. The van der Waals surface area contributed by atoms with E-state index in [1.165, 1.54) is 11.8 Å². The monoisotopic (exact) mass is 323 g/mol. The first kappa shape index (κ1) is 17.2. The van der Waals surface area contributed by atoms with Crippen LogP contribution in [0.1, 0.15) is 44.0 Å². The number of nitrogens with one attached hydrogen (secondary N) is 1. The molecule has 1 aliphatic rings. The number of aryl methyl sites for hydroxylation is 2. The van der Waals surface area contributed by atoms with E-state index in [0.717, 1.165) is 37.1 Å². The fourth-order valence-corrected chi connectivity index (χ4v) is 3.83. The van der Waals surface area contributed by atoms with Gasteiger partial charge in [-0.05, 0) is 39.7 Å². The fraction of sp³-hybridized carbons (Fsp3) is 0.688. The highest BCUT2D eigenvalue weighted by Gasteiger charge is 2.36. The first-order valence-corrected chi connectivity index (χ1v) is 8.62. The minimum atomic E-state index is -0.226. The molecule has 1 aromatic rings. The number of amides is 1. The van der Waals surface area contributed by atoms with Crippen molar-refractivity contribution in [2.45, 2.75) is 62.4 Å². The summed E-state index contributed by atoms with van der Waals surface area (Å²) in [6.07, 6.45) is 4.27. The van der Waals surface area contributed by atoms with E-state index in [9.17, 15) is 4.79 Å². The molecule has 1 heterocycles. The van der Waals surface area contributed by atoms with Gasteiger partial charge in [-0.3, -0.25) is 4.79 Å². The molecule has 5 nitrogen and oxygen atoms in total. The summed E-state index contributed by atoms with van der Waals surface area (Å²) < 4.78 is 5.31. The van der Waals surface area contributed by atoms with Gasteiger partial charge in [0.1, 0.15) is 0 Å². The van der Waals surface area contributed by atoms with Gasteiger partial charge < -0.3 is 10.1 Å². The minimum Gasteiger partial charge on any atom is -0.382 e. The summed E-state index contributed by atoms with van der Waals surface area (Å²) >= 11 is 1.41. The van der Waals surface area contributed by atoms with Gasteiger partial charge in [0.15, 0.2) is 5.16 Å². The molecule has 1 aliphatic carbocycles. The Balaban J connectivity index is 1.99. The van der Waals surface area contributed by atoms with Gasteiger partial charge in [-0.25, -0.2) is 9.97 Å². The van der Waals surface area contributed by atoms with Crippen LogP contribution in [0.5, 0.6) is 0 Å². The van der Waals surface area contributed by atoms with Crippen LogP contribution in [0.3, 0.4) is 0 Å². The number of hydrogen-bond acceptors (Lipinski definition) is 5. The summed E-state index contributed by atoms with van der Waals surface area (Å²) in [6, 6.07) is 1.93. The lowest BCUT2D eigenvalue weighted by molar-refractivity contribution is -0.122. The Morgan fingerprint density at radius 3 is 2.50 bits per heavy atom. The van der Waals surface area contributed by atoms with Gasteiger partial charge in [-0.1, -0.05) is 24.6 Å². The number of ether oxygens (including phenoxy) is 1. The topological polar surface area (TPSA) is 64.1 Å². The Bertz CT molecular complexity index is 510. The molecule has 122 valence electrons. The molecule has 6 heteroatoms. The molecule has 1 atom stereocenters. The van der Waals surface area contributed by atoms with Crippen molar-refractivity contribution in [1.29, 1.82) is 0 Å². The highest BCUT2D eigenvalue weighted by Crippen LogP contribution is 2.31. The van der Waals surface area contributed by atoms with Gasteiger partial charge in [0, 0.05) is 18.5 Å². The van der Waals surface area contributed by atoms with Crippen molar-refractivity contribution < 1.29 is 9.53 Å². The number of nitrogens with zero attached hydrogens (tertiary/aromatic N) is 2. The Morgan fingerprint density at radius 2 is 1.95 bits per heavy atom. The normalized spacial score (nSPS) is 18.2. The lowest BCUT2D eigenvalue weighted by Crippen LogP contribution is -2.51. The number of aromatic nitrogens is 2. The third-order valence-electron chi connectivity index (χ3n) is 3.98. The Labute approximate surface area is 136 Å². The molecular weight excluding hydrogens is 298 g/mol. The third kappa shape index (κ3) is 4.43. The van der Waals surface area contributed by atoms with Crippen LogP contribution in [0.15, 0.2) is 11.2 Å². The van der Waals surface area contributed by atoms with Crippen LogP contribution < -0.4 is 5.32 Å². The summed E-state index contributed by atoms with van der Waals surface area (Å²) in [4.78, 5) is 21.3. The second-order valence-electron chi connectivity index (χ2n) is 6.10. The predicted molar refractivity (Wildman–Crippen MR) is 88.0 cm³/mol. The van der Waals surface area contributed by atoms with Crippen molar-refractivity contribution in [2.75, 3.05) is 13.7 Å². The highest BCUT2D eigenvalue weighted by atomic mass is 32.2. The number of carbonyl (C=O) groups excluding carboxylic acids is 1. The van der Waals surface area contributed by atoms with Crippen molar-refractivity contribution >= 4 is 17.7 Å². The van der Waals surface area contributed by atoms with Gasteiger partial charge in [-0.15, -0.1) is 0 Å². The van der Waals surface area contributed by atoms with Crippen molar-refractivity contribution in [2.24, 2.45) is 0 Å². The van der Waals surface area contributed by atoms with Crippen LogP contribution in [0, 0.1) is 13.8 Å². The van der Waals surface area contributed by atoms with E-state index < -0.39 is 0 Å². The number of rotatable bonds is 6. The standard InChI is InChI=1S/C16H25N3O2S/c1-11-9-12(2)18-15(17-11)22-13(3)14(20)19-16(10-21-4)7-5-6-8-16/h9,13H,5-8,10H2,1-4H3,(H,19,20). The van der Waals surface area contributed by atoms with Gasteiger partial charge in [0.05, 0.1) is 17.4 Å². The lowest BCUT2D eigenvalue weighted by atomic mass is 9.98. The Kier molecular flexibility index (Phi) is 5.81. The lowest BCUT2D eigenvalue weighted by Gasteiger charge is -2.30. The van der Waals surface area contributed by atoms with E-state index in [4.69, 9.17) is 4.74 Å². The molecule has 1 N–H and O–H groups in total. The van der Waals surface area contributed by atoms with E-state index in [1.54, 1.807) is 7.11 Å². The van der Waals surface area contributed by atoms with Crippen LogP contribution >= 0.6 is 11.8 Å². The number of hydrogen-bond donors (Lipinski definition) is 1. The molecule has 1 unspecified atom stereocenters. The predicted octanol–water partition coefficient (Wildman–Crippen LogP) is 2.65. The summed E-state index contributed by atoms with van der Waals surface area (Å²) in [6.45, 7) is 6.36. The van der Waals surface area contributed by atoms with Crippen molar-refractivity contribution in [3.05, 3.63) is 17.5 Å². The van der Waals surface area contributed by atoms with Gasteiger partial charge in [0.25, 0.3) is 0 Å². The van der Waals surface area contributed by atoms with Crippen LogP contribution in [-0.2, 0) is 9.53 Å². The molecule has 22 heavy (non-hydrogen) atoms. The zero-order valence-electron chi connectivity index (χ0n) is 13.8. The smallest absolute Gasteiger partial charge is 0.233 e. The molecule has 2 rings (SSSR count). The number of thioether (sulfide) groups is 1. The van der Waals surface area contributed by atoms with Gasteiger partial charge in [-0.2, -0.15) is 0 Å². The summed E-state index contributed by atoms with van der Waals surface area (Å²) in [7, 11) is 1.69. The van der Waals surface area contributed by atoms with Gasteiger partial charge in [0.2, 0.25) is 5.91 Å². The van der Waals surface area contributed by atoms with Crippen LogP contribution in [0.2, 0.25) is 0 Å². The Morgan fingerprint density at radius 1 is 1.36 bits per heavy atom. The molecule has 0 saturated heterocycles. The second-order valence-corrected chi connectivity index (χ2v) is 7.41. The summed E-state index contributed by atoms with van der Waals surface area (Å²) in [5.41, 5.74) is 1.66. The van der Waals surface area contributed by atoms with E-state index in [-0.39, 0.29) is 16.7 Å². The van der Waals surface area contributed by atoms with E-state index in [2.05, 4.69) is 15.3 Å². The summed E-state index contributed by atoms with van der Waals surface area (Å²) in [5, 5.41) is 3.64. The van der Waals surface area contributed by atoms with E-state index in [1.807, 2.05) is 26.8 Å². The zero-order chi connectivity index (χ0) is 16.2. The number of methoxy groups -OCH3 is 1. The maximum atomic E-state index is 12.5. The van der Waals surface area contributed by atoms with Gasteiger partial charge >= 0.3 is 0 Å². The maximum Gasteiger partial charge on any atom is 0.233 e. The molecule has 1 saturated carbocycles. The third-order valence-corrected chi connectivity index (χ3v) is 4.94. The molecule has 1 aromatic heterocycles. The molecule has 0 aliphatic heterocycles. The molecule has 1 amide bonds. The molecule has 1 fully saturated rings. The first-order chi connectivity index (χ1) is 10.4. The Hall–Kier alpha value is -1.14. The van der Waals surface area contributed by atoms with Crippen molar-refractivity contribution in [1.82, 2.24) is 15.3 Å². The van der Waals surface area contributed by atoms with Crippen LogP contribution in [0.25, 0.3) is 0 Å². The zero-order valence-corrected chi connectivity index (χ0v) is 14.6. The average Bonchev–Trinajstić information content (AvgIpc) is 2.86. The molecular formula is C16H25N3O2S. The quantitative estimate of drug-likeness (QED) is 0.644. The maximum absolute atomic E-state index is 12.5. The minimum absolute atomic E-state index is 0.0340. The molecule has 0 aromatic carbocycles. The fourth-order valence-electron chi connectivity index (χ4n) is 2.95. The second kappa shape index (κ2) is 7.42. The van der Waals surface area contributed by atoms with E-state index >= 15 is 0 Å². The van der Waals surface area contributed by atoms with Crippen molar-refractivity contribution in [3.63, 3.8) is 0 Å². The first-order valence-electron chi connectivity index (χ1n) is 7.74. The van der Waals surface area contributed by atoms with Crippen LogP contribution in [0.4, 0.5) is 0 Å². The molecule has 0 radical (unpaired) electrons.